The lowest BCUT2D eigenvalue weighted by atomic mass is 10.0. The van der Waals surface area contributed by atoms with Crippen LogP contribution in [0.3, 0.4) is 0 Å². The number of nitrogens with one attached hydrogen (secondary N) is 1. The van der Waals surface area contributed by atoms with Crippen molar-refractivity contribution in [3.8, 4) is 12.3 Å². The Balaban J connectivity index is 3.14. The van der Waals surface area contributed by atoms with Gasteiger partial charge in [-0.05, 0) is 26.8 Å². The summed E-state index contributed by atoms with van der Waals surface area (Å²) in [5.74, 6) is 2.50. The molecule has 0 aromatic heterocycles. The highest BCUT2D eigenvalue weighted by atomic mass is 14.9. The van der Waals surface area contributed by atoms with Crippen LogP contribution >= 0.6 is 0 Å². The van der Waals surface area contributed by atoms with E-state index in [0.29, 0.717) is 6.54 Å². The van der Waals surface area contributed by atoms with Gasteiger partial charge in [-0.3, -0.25) is 0 Å². The molecule has 0 unspecified atom stereocenters. The highest BCUT2D eigenvalue weighted by molar-refractivity contribution is 4.86. The average molecular weight is 140 g/mol. The van der Waals surface area contributed by atoms with Crippen LogP contribution in [0.15, 0.2) is 0 Å². The van der Waals surface area contributed by atoms with Gasteiger partial charge in [0, 0.05) is 5.54 Å². The van der Waals surface area contributed by atoms with Crippen molar-refractivity contribution in [2.24, 2.45) is 5.73 Å². The van der Waals surface area contributed by atoms with Gasteiger partial charge in [0.05, 0.1) is 6.54 Å². The van der Waals surface area contributed by atoms with Crippen LogP contribution in [0.4, 0.5) is 0 Å². The van der Waals surface area contributed by atoms with E-state index in [1.807, 2.05) is 13.8 Å². The molecule has 0 aromatic carbocycles. The molecule has 0 saturated heterocycles. The minimum Gasteiger partial charge on any atom is -0.326 e. The van der Waals surface area contributed by atoms with Gasteiger partial charge in [-0.2, -0.15) is 0 Å². The maximum atomic E-state index is 5.73. The number of rotatable bonds is 4. The minimum absolute atomic E-state index is 0.0817. The Labute approximate surface area is 63.2 Å². The molecule has 0 atom stereocenters. The van der Waals surface area contributed by atoms with E-state index in [1.54, 1.807) is 0 Å². The van der Waals surface area contributed by atoms with Crippen LogP contribution < -0.4 is 11.1 Å². The van der Waals surface area contributed by atoms with Crippen molar-refractivity contribution in [3.63, 3.8) is 0 Å². The van der Waals surface area contributed by atoms with Crippen molar-refractivity contribution in [2.75, 3.05) is 13.1 Å². The minimum atomic E-state index is -0.0817. The first-order valence-electron chi connectivity index (χ1n) is 3.49. The monoisotopic (exact) mass is 140 g/mol. The van der Waals surface area contributed by atoms with E-state index in [9.17, 15) is 0 Å². The molecule has 2 heteroatoms. The highest BCUT2D eigenvalue weighted by Crippen LogP contribution is 2.00. The third-order valence-corrected chi connectivity index (χ3v) is 1.17. The molecule has 0 amide bonds. The Morgan fingerprint density at radius 3 is 2.60 bits per heavy atom. The molecule has 0 saturated carbocycles. The summed E-state index contributed by atoms with van der Waals surface area (Å²) in [6.07, 6.45) is 5.99. The predicted octanol–water partition coefficient (Wildman–Crippen LogP) is 0.337. The lowest BCUT2D eigenvalue weighted by Gasteiger charge is -2.17. The lowest BCUT2D eigenvalue weighted by molar-refractivity contribution is 0.462. The standard InChI is InChI=1S/C8H16N2/c1-4-6-10-7-5-8(2,3)9/h1,10H,5-7,9H2,2-3H3. The van der Waals surface area contributed by atoms with E-state index in [4.69, 9.17) is 12.2 Å². The Kier molecular flexibility index (Phi) is 4.10. The van der Waals surface area contributed by atoms with E-state index in [2.05, 4.69) is 11.2 Å². The fourth-order valence-corrected chi connectivity index (χ4v) is 0.571. The third-order valence-electron chi connectivity index (χ3n) is 1.17. The van der Waals surface area contributed by atoms with Crippen LogP contribution in [0.25, 0.3) is 0 Å². The van der Waals surface area contributed by atoms with Gasteiger partial charge in [-0.1, -0.05) is 5.92 Å². The van der Waals surface area contributed by atoms with Gasteiger partial charge in [-0.25, -0.2) is 0 Å². The van der Waals surface area contributed by atoms with Crippen molar-refractivity contribution < 1.29 is 0 Å². The Morgan fingerprint density at radius 2 is 2.20 bits per heavy atom. The fourth-order valence-electron chi connectivity index (χ4n) is 0.571. The maximum Gasteiger partial charge on any atom is 0.0573 e. The molecule has 0 aliphatic heterocycles. The predicted molar refractivity (Wildman–Crippen MR) is 44.6 cm³/mol. The topological polar surface area (TPSA) is 38.0 Å². The maximum absolute atomic E-state index is 5.73. The van der Waals surface area contributed by atoms with Crippen molar-refractivity contribution in [2.45, 2.75) is 25.8 Å². The van der Waals surface area contributed by atoms with Crippen molar-refractivity contribution in [1.82, 2.24) is 5.32 Å². The summed E-state index contributed by atoms with van der Waals surface area (Å²) >= 11 is 0. The average Bonchev–Trinajstić information content (AvgIpc) is 1.78. The molecular weight excluding hydrogens is 124 g/mol. The van der Waals surface area contributed by atoms with Crippen LogP contribution in [0.2, 0.25) is 0 Å². The fraction of sp³-hybridized carbons (Fsp3) is 0.750. The van der Waals surface area contributed by atoms with E-state index in [-0.39, 0.29) is 5.54 Å². The van der Waals surface area contributed by atoms with Gasteiger partial charge in [0.2, 0.25) is 0 Å². The first kappa shape index (κ1) is 9.48. The zero-order valence-electron chi connectivity index (χ0n) is 6.78. The summed E-state index contributed by atoms with van der Waals surface area (Å²) in [5.41, 5.74) is 5.64. The second-order valence-corrected chi connectivity index (χ2v) is 3.12. The second kappa shape index (κ2) is 4.32. The zero-order valence-corrected chi connectivity index (χ0v) is 6.78. The molecule has 0 fully saturated rings. The summed E-state index contributed by atoms with van der Waals surface area (Å²) < 4.78 is 0. The SMILES string of the molecule is C#CCNCCC(C)(C)N. The van der Waals surface area contributed by atoms with E-state index >= 15 is 0 Å². The smallest absolute Gasteiger partial charge is 0.0573 e. The van der Waals surface area contributed by atoms with E-state index in [0.717, 1.165) is 13.0 Å². The summed E-state index contributed by atoms with van der Waals surface area (Å²) in [4.78, 5) is 0. The number of hydrogen-bond donors (Lipinski definition) is 2. The first-order chi connectivity index (χ1) is 4.56. The van der Waals surface area contributed by atoms with Crippen LogP contribution in [0.5, 0.6) is 0 Å². The normalized spacial score (nSPS) is 11.0. The quantitative estimate of drug-likeness (QED) is 0.436. The lowest BCUT2D eigenvalue weighted by Crippen LogP contribution is -2.35. The van der Waals surface area contributed by atoms with Gasteiger partial charge in [-0.15, -0.1) is 6.42 Å². The molecule has 0 radical (unpaired) electrons. The molecular formula is C8H16N2. The van der Waals surface area contributed by atoms with Gasteiger partial charge >= 0.3 is 0 Å². The van der Waals surface area contributed by atoms with Gasteiger partial charge in [0.25, 0.3) is 0 Å². The number of terminal acetylenes is 1. The Hall–Kier alpha value is -0.520. The molecule has 0 aliphatic carbocycles. The van der Waals surface area contributed by atoms with Crippen molar-refractivity contribution in [1.29, 1.82) is 0 Å². The highest BCUT2D eigenvalue weighted by Gasteiger charge is 2.08. The van der Waals surface area contributed by atoms with Crippen LogP contribution in [-0.2, 0) is 0 Å². The van der Waals surface area contributed by atoms with Crippen LogP contribution in [0.1, 0.15) is 20.3 Å². The first-order valence-corrected chi connectivity index (χ1v) is 3.49. The molecule has 0 bridgehead atoms. The zero-order chi connectivity index (χ0) is 8.04. The van der Waals surface area contributed by atoms with Crippen LogP contribution in [-0.4, -0.2) is 18.6 Å². The van der Waals surface area contributed by atoms with Crippen molar-refractivity contribution >= 4 is 0 Å². The van der Waals surface area contributed by atoms with Gasteiger partial charge in [0.15, 0.2) is 0 Å². The Morgan fingerprint density at radius 1 is 1.60 bits per heavy atom. The molecule has 0 rings (SSSR count). The molecule has 0 aromatic rings. The van der Waals surface area contributed by atoms with Gasteiger partial charge in [0.1, 0.15) is 0 Å². The molecule has 10 heavy (non-hydrogen) atoms. The largest absolute Gasteiger partial charge is 0.326 e. The molecule has 0 spiro atoms. The molecule has 0 heterocycles. The molecule has 3 N–H and O–H groups in total. The number of nitrogens with two attached hydrogens (primary N) is 1. The van der Waals surface area contributed by atoms with Crippen molar-refractivity contribution in [3.05, 3.63) is 0 Å². The van der Waals surface area contributed by atoms with E-state index < -0.39 is 0 Å². The summed E-state index contributed by atoms with van der Waals surface area (Å²) in [7, 11) is 0. The second-order valence-electron chi connectivity index (χ2n) is 3.12. The Bertz CT molecular complexity index is 116. The third kappa shape index (κ3) is 7.48. The molecule has 2 nitrogen and oxygen atoms in total. The van der Waals surface area contributed by atoms with Crippen LogP contribution in [0, 0.1) is 12.3 Å². The molecule has 0 aliphatic rings. The number of hydrogen-bond acceptors (Lipinski definition) is 2. The van der Waals surface area contributed by atoms with Gasteiger partial charge < -0.3 is 11.1 Å². The molecule has 58 valence electrons. The van der Waals surface area contributed by atoms with E-state index in [1.165, 1.54) is 0 Å². The summed E-state index contributed by atoms with van der Waals surface area (Å²) in [6, 6.07) is 0. The summed E-state index contributed by atoms with van der Waals surface area (Å²) in [5, 5.41) is 3.08. The summed E-state index contributed by atoms with van der Waals surface area (Å²) in [6.45, 7) is 5.54.